The molecule has 3 unspecified atom stereocenters. The molecule has 0 radical (unpaired) electrons. The largest absolute Gasteiger partial charge is 0.378 e. The van der Waals surface area contributed by atoms with Crippen molar-refractivity contribution in [1.82, 2.24) is 0 Å². The third-order valence-electron chi connectivity index (χ3n) is 3.43. The van der Waals surface area contributed by atoms with Gasteiger partial charge in [-0.25, -0.2) is 0 Å². The average Bonchev–Trinajstić information content (AvgIpc) is 2.40. The van der Waals surface area contributed by atoms with Crippen molar-refractivity contribution in [1.29, 1.82) is 0 Å². The second-order valence-corrected chi connectivity index (χ2v) is 4.43. The zero-order valence-electron chi connectivity index (χ0n) is 7.55. The van der Waals surface area contributed by atoms with Gasteiger partial charge in [0.1, 0.15) is 0 Å². The maximum atomic E-state index is 5.66. The maximum absolute atomic E-state index is 5.66. The molecule has 11 heavy (non-hydrogen) atoms. The number of fused-ring (bicyclic) bond motifs is 1. The van der Waals surface area contributed by atoms with Gasteiger partial charge in [0.05, 0.1) is 6.10 Å². The maximum Gasteiger partial charge on any atom is 0.0607 e. The summed E-state index contributed by atoms with van der Waals surface area (Å²) in [5.41, 5.74) is 0. The van der Waals surface area contributed by atoms with Crippen LogP contribution in [-0.4, -0.2) is 12.7 Å². The molecule has 0 aromatic rings. The highest BCUT2D eigenvalue weighted by Crippen LogP contribution is 2.42. The minimum absolute atomic E-state index is 0.641. The van der Waals surface area contributed by atoms with Crippen LogP contribution >= 0.6 is 0 Å². The standard InChI is InChI=1S/C10H18O/c1-7(2)9-5-8-3-4-11-10(8)6-9/h7-10H,3-6H2,1-2H3. The second kappa shape index (κ2) is 2.78. The van der Waals surface area contributed by atoms with E-state index < -0.39 is 0 Å². The third-order valence-corrected chi connectivity index (χ3v) is 3.43. The molecule has 1 aliphatic carbocycles. The minimum Gasteiger partial charge on any atom is -0.378 e. The molecule has 2 aliphatic rings. The van der Waals surface area contributed by atoms with E-state index in [0.29, 0.717) is 6.10 Å². The van der Waals surface area contributed by atoms with E-state index in [1.165, 1.54) is 19.3 Å². The summed E-state index contributed by atoms with van der Waals surface area (Å²) < 4.78 is 5.66. The van der Waals surface area contributed by atoms with Crippen molar-refractivity contribution in [2.24, 2.45) is 17.8 Å². The van der Waals surface area contributed by atoms with E-state index in [2.05, 4.69) is 13.8 Å². The van der Waals surface area contributed by atoms with E-state index in [0.717, 1.165) is 24.4 Å². The molecule has 64 valence electrons. The SMILES string of the molecule is CC(C)C1CC2CCOC2C1. The zero-order valence-corrected chi connectivity index (χ0v) is 7.55. The number of rotatable bonds is 1. The van der Waals surface area contributed by atoms with Crippen molar-refractivity contribution in [2.45, 2.75) is 39.2 Å². The molecule has 0 amide bonds. The number of ether oxygens (including phenoxy) is 1. The monoisotopic (exact) mass is 154 g/mol. The number of hydrogen-bond donors (Lipinski definition) is 0. The van der Waals surface area contributed by atoms with Gasteiger partial charge >= 0.3 is 0 Å². The molecule has 0 aromatic heterocycles. The van der Waals surface area contributed by atoms with Gasteiger partial charge in [0.15, 0.2) is 0 Å². The fourth-order valence-corrected chi connectivity index (χ4v) is 2.55. The molecule has 0 aromatic carbocycles. The summed E-state index contributed by atoms with van der Waals surface area (Å²) in [6.45, 7) is 5.71. The molecule has 1 heterocycles. The Balaban J connectivity index is 1.94. The Kier molecular flexibility index (Phi) is 1.92. The summed E-state index contributed by atoms with van der Waals surface area (Å²) in [5, 5.41) is 0. The molecule has 3 atom stereocenters. The molecule has 1 aliphatic heterocycles. The first-order valence-corrected chi connectivity index (χ1v) is 4.89. The van der Waals surface area contributed by atoms with Crippen molar-refractivity contribution >= 4 is 0 Å². The van der Waals surface area contributed by atoms with Crippen molar-refractivity contribution in [3.05, 3.63) is 0 Å². The van der Waals surface area contributed by atoms with E-state index in [4.69, 9.17) is 4.74 Å². The topological polar surface area (TPSA) is 9.23 Å². The molecule has 0 spiro atoms. The van der Waals surface area contributed by atoms with Crippen LogP contribution in [0.1, 0.15) is 33.1 Å². The lowest BCUT2D eigenvalue weighted by Gasteiger charge is -2.14. The first kappa shape index (κ1) is 7.60. The van der Waals surface area contributed by atoms with E-state index >= 15 is 0 Å². The van der Waals surface area contributed by atoms with Crippen molar-refractivity contribution in [2.75, 3.05) is 6.61 Å². The minimum atomic E-state index is 0.641. The van der Waals surface area contributed by atoms with E-state index in [1.54, 1.807) is 0 Å². The van der Waals surface area contributed by atoms with Gasteiger partial charge in [-0.3, -0.25) is 0 Å². The predicted octanol–water partition coefficient (Wildman–Crippen LogP) is 2.46. The van der Waals surface area contributed by atoms with Crippen molar-refractivity contribution < 1.29 is 4.74 Å². The van der Waals surface area contributed by atoms with Gasteiger partial charge < -0.3 is 4.74 Å². The van der Waals surface area contributed by atoms with Gasteiger partial charge in [-0.15, -0.1) is 0 Å². The second-order valence-electron chi connectivity index (χ2n) is 4.43. The molecule has 1 saturated carbocycles. The van der Waals surface area contributed by atoms with Gasteiger partial charge in [-0.05, 0) is 37.0 Å². The summed E-state index contributed by atoms with van der Waals surface area (Å²) in [5.74, 6) is 2.73. The van der Waals surface area contributed by atoms with Crippen LogP contribution in [0.3, 0.4) is 0 Å². The first-order chi connectivity index (χ1) is 5.27. The summed E-state index contributed by atoms with van der Waals surface area (Å²) >= 11 is 0. The van der Waals surface area contributed by atoms with Crippen LogP contribution in [-0.2, 0) is 4.74 Å². The highest BCUT2D eigenvalue weighted by Gasteiger charge is 2.39. The molecular weight excluding hydrogens is 136 g/mol. The number of hydrogen-bond acceptors (Lipinski definition) is 1. The first-order valence-electron chi connectivity index (χ1n) is 4.89. The lowest BCUT2D eigenvalue weighted by atomic mass is 9.93. The summed E-state index contributed by atoms with van der Waals surface area (Å²) in [6.07, 6.45) is 4.74. The van der Waals surface area contributed by atoms with Gasteiger partial charge in [-0.1, -0.05) is 13.8 Å². The van der Waals surface area contributed by atoms with Gasteiger partial charge in [0.2, 0.25) is 0 Å². The Morgan fingerprint density at radius 3 is 2.73 bits per heavy atom. The van der Waals surface area contributed by atoms with Gasteiger partial charge in [0.25, 0.3) is 0 Å². The van der Waals surface area contributed by atoms with Crippen LogP contribution in [0.4, 0.5) is 0 Å². The smallest absolute Gasteiger partial charge is 0.0607 e. The van der Waals surface area contributed by atoms with E-state index in [9.17, 15) is 0 Å². The third kappa shape index (κ3) is 1.31. The van der Waals surface area contributed by atoms with Gasteiger partial charge in [-0.2, -0.15) is 0 Å². The quantitative estimate of drug-likeness (QED) is 0.563. The molecule has 1 saturated heterocycles. The highest BCUT2D eigenvalue weighted by molar-refractivity contribution is 4.88. The zero-order chi connectivity index (χ0) is 7.84. The molecule has 1 heteroatoms. The van der Waals surface area contributed by atoms with Gasteiger partial charge in [0, 0.05) is 6.61 Å². The fraction of sp³-hybridized carbons (Fsp3) is 1.00. The Hall–Kier alpha value is -0.0400. The Bertz CT molecular complexity index is 130. The van der Waals surface area contributed by atoms with Crippen LogP contribution in [0.25, 0.3) is 0 Å². The summed E-state index contributed by atoms with van der Waals surface area (Å²) in [6, 6.07) is 0. The fourth-order valence-electron chi connectivity index (χ4n) is 2.55. The van der Waals surface area contributed by atoms with Crippen LogP contribution in [0.5, 0.6) is 0 Å². The van der Waals surface area contributed by atoms with E-state index in [-0.39, 0.29) is 0 Å². The highest BCUT2D eigenvalue weighted by atomic mass is 16.5. The van der Waals surface area contributed by atoms with E-state index in [1.807, 2.05) is 0 Å². The normalized spacial score (nSPS) is 43.4. The Morgan fingerprint density at radius 1 is 1.27 bits per heavy atom. The molecule has 0 bridgehead atoms. The van der Waals surface area contributed by atoms with Crippen molar-refractivity contribution in [3.63, 3.8) is 0 Å². The molecular formula is C10H18O. The lowest BCUT2D eigenvalue weighted by Crippen LogP contribution is -2.08. The predicted molar refractivity (Wildman–Crippen MR) is 45.4 cm³/mol. The average molecular weight is 154 g/mol. The Labute approximate surface area is 69.1 Å². The Morgan fingerprint density at radius 2 is 2.09 bits per heavy atom. The van der Waals surface area contributed by atoms with Crippen LogP contribution < -0.4 is 0 Å². The summed E-state index contributed by atoms with van der Waals surface area (Å²) in [7, 11) is 0. The van der Waals surface area contributed by atoms with Crippen LogP contribution in [0, 0.1) is 17.8 Å². The molecule has 2 fully saturated rings. The lowest BCUT2D eigenvalue weighted by molar-refractivity contribution is 0.0958. The van der Waals surface area contributed by atoms with Crippen LogP contribution in [0.2, 0.25) is 0 Å². The van der Waals surface area contributed by atoms with Crippen molar-refractivity contribution in [3.8, 4) is 0 Å². The van der Waals surface area contributed by atoms with Crippen LogP contribution in [0.15, 0.2) is 0 Å². The molecule has 1 nitrogen and oxygen atoms in total. The molecule has 0 N–H and O–H groups in total. The summed E-state index contributed by atoms with van der Waals surface area (Å²) in [4.78, 5) is 0. The molecule has 2 rings (SSSR count).